The summed E-state index contributed by atoms with van der Waals surface area (Å²) < 4.78 is 32.2. The average Bonchev–Trinajstić information content (AvgIpc) is 3.49. The molecule has 2 heterocycles. The Labute approximate surface area is 214 Å². The first kappa shape index (κ1) is 26.5. The van der Waals surface area contributed by atoms with Crippen molar-refractivity contribution < 1.29 is 13.5 Å². The lowest BCUT2D eigenvalue weighted by atomic mass is 10.1. The van der Waals surface area contributed by atoms with E-state index in [9.17, 15) is 13.6 Å². The lowest BCUT2D eigenvalue weighted by Gasteiger charge is -2.35. The average molecular weight is 517 g/mol. The summed E-state index contributed by atoms with van der Waals surface area (Å²) in [5.41, 5.74) is 1.93. The summed E-state index contributed by atoms with van der Waals surface area (Å²) in [6.07, 6.45) is 5.14. The van der Waals surface area contributed by atoms with Crippen molar-refractivity contribution in [2.45, 2.75) is 51.9 Å². The molecule has 0 radical (unpaired) electrons. The predicted octanol–water partition coefficient (Wildman–Crippen LogP) is 3.13. The van der Waals surface area contributed by atoms with Gasteiger partial charge in [0.1, 0.15) is 23.8 Å². The first-order valence-corrected chi connectivity index (χ1v) is 13.6. The Bertz CT molecular complexity index is 1310. The monoisotopic (exact) mass is 516 g/mol. The molecule has 0 aliphatic heterocycles. The second-order valence-corrected chi connectivity index (χ2v) is 11.2. The van der Waals surface area contributed by atoms with Crippen LogP contribution in [0.5, 0.6) is 5.75 Å². The Morgan fingerprint density at radius 3 is 2.67 bits per heavy atom. The van der Waals surface area contributed by atoms with Crippen molar-refractivity contribution in [2.24, 2.45) is 0 Å². The fourth-order valence-corrected chi connectivity index (χ4v) is 5.29. The molecule has 1 aliphatic carbocycles. The number of rotatable bonds is 10. The summed E-state index contributed by atoms with van der Waals surface area (Å²) in [6.45, 7) is 5.26. The van der Waals surface area contributed by atoms with E-state index in [1.165, 1.54) is 0 Å². The molecule has 4 rings (SSSR count). The van der Waals surface area contributed by atoms with Gasteiger partial charge in [0, 0.05) is 24.6 Å². The number of hydrogen-bond acceptors (Lipinski definition) is 7. The second-order valence-electron chi connectivity index (χ2n) is 9.97. The van der Waals surface area contributed by atoms with Gasteiger partial charge in [0.05, 0.1) is 24.9 Å². The van der Waals surface area contributed by atoms with Crippen LogP contribution in [-0.2, 0) is 11.3 Å². The summed E-state index contributed by atoms with van der Waals surface area (Å²) in [4.78, 5) is 22.8. The number of ether oxygens (including phenoxy) is 1. The predicted molar refractivity (Wildman–Crippen MR) is 141 cm³/mol. The number of aromatic amines is 1. The van der Waals surface area contributed by atoms with Gasteiger partial charge < -0.3 is 19.2 Å². The molecule has 36 heavy (non-hydrogen) atoms. The molecule has 1 aliphatic rings. The van der Waals surface area contributed by atoms with Gasteiger partial charge in [-0.15, -0.1) is 5.10 Å². The minimum atomic E-state index is -2.43. The molecule has 10 nitrogen and oxygen atoms in total. The summed E-state index contributed by atoms with van der Waals surface area (Å²) in [5.74, 6) is 1.95. The third-order valence-corrected chi connectivity index (χ3v) is 8.00. The third kappa shape index (κ3) is 5.10. The van der Waals surface area contributed by atoms with E-state index in [4.69, 9.17) is 14.8 Å². The Kier molecular flexibility index (Phi) is 7.93. The summed E-state index contributed by atoms with van der Waals surface area (Å²) in [5, 5.41) is 4.83. The molecule has 0 amide bonds. The molecule has 196 valence electrons. The van der Waals surface area contributed by atoms with Gasteiger partial charge >= 0.3 is 0 Å². The maximum Gasteiger partial charge on any atom is 0.277 e. The van der Waals surface area contributed by atoms with Crippen molar-refractivity contribution >= 4 is 22.5 Å². The van der Waals surface area contributed by atoms with Crippen LogP contribution in [0.2, 0.25) is 0 Å². The van der Waals surface area contributed by atoms with E-state index in [2.05, 4.69) is 4.98 Å². The normalized spacial score (nSPS) is 17.1. The maximum absolute atomic E-state index is 13.2. The van der Waals surface area contributed by atoms with Crippen molar-refractivity contribution in [3.63, 3.8) is 0 Å². The molecule has 1 saturated carbocycles. The number of benzene rings is 1. The zero-order valence-corrected chi connectivity index (χ0v) is 22.6. The molecule has 0 saturated heterocycles. The highest BCUT2D eigenvalue weighted by atomic mass is 32.2. The number of likely N-dealkylation sites (N-methyl/N-ethyl adjacent to an activating group) is 2. The smallest absolute Gasteiger partial charge is 0.277 e. The van der Waals surface area contributed by atoms with Gasteiger partial charge in [-0.05, 0) is 46.3 Å². The van der Waals surface area contributed by atoms with Gasteiger partial charge in [-0.3, -0.25) is 4.79 Å². The van der Waals surface area contributed by atoms with E-state index in [0.717, 1.165) is 37.9 Å². The summed E-state index contributed by atoms with van der Waals surface area (Å²) in [6, 6.07) is 5.29. The molecular formula is C25H36N6O4S. The number of hydrogen-bond donors (Lipinski definition) is 1. The molecule has 3 aromatic rings. The first-order chi connectivity index (χ1) is 17.2. The molecule has 1 fully saturated rings. The summed E-state index contributed by atoms with van der Waals surface area (Å²) >= 11 is -2.43. The Morgan fingerprint density at radius 2 is 2.03 bits per heavy atom. The molecule has 1 N–H and O–H groups in total. The van der Waals surface area contributed by atoms with Crippen molar-refractivity contribution in [1.82, 2.24) is 28.4 Å². The van der Waals surface area contributed by atoms with Crippen molar-refractivity contribution in [1.29, 1.82) is 0 Å². The van der Waals surface area contributed by atoms with E-state index in [1.807, 2.05) is 32.8 Å². The van der Waals surface area contributed by atoms with E-state index < -0.39 is 11.3 Å². The van der Waals surface area contributed by atoms with Gasteiger partial charge in [0.25, 0.3) is 5.56 Å². The van der Waals surface area contributed by atoms with Crippen LogP contribution in [0.15, 0.2) is 23.0 Å². The third-order valence-electron chi connectivity index (χ3n) is 6.95. The molecule has 11 heteroatoms. The van der Waals surface area contributed by atoms with Crippen LogP contribution in [-0.4, -0.2) is 74.1 Å². The molecule has 2 aromatic heterocycles. The van der Waals surface area contributed by atoms with Gasteiger partial charge in [-0.2, -0.15) is 0 Å². The zero-order chi connectivity index (χ0) is 26.0. The Morgan fingerprint density at radius 1 is 1.31 bits per heavy atom. The SMILES string of the molecule is CCCOc1ccc([N+](C)(CCN(C)C)S(=O)[O-])cc1-c1nn2c(C3CCCC3)nc(C)c2c(=O)[nH]1. The number of nitrogens with zero attached hydrogens (tertiary/aromatic N) is 5. The quantitative estimate of drug-likeness (QED) is 0.325. The minimum absolute atomic E-state index is 0.268. The topological polar surface area (TPSA) is 116 Å². The number of aryl methyl sites for hydroxylation is 1. The number of quaternary nitrogens is 1. The molecule has 2 unspecified atom stereocenters. The van der Waals surface area contributed by atoms with Crippen LogP contribution in [0, 0.1) is 6.92 Å². The fourth-order valence-electron chi connectivity index (χ4n) is 4.78. The molecule has 2 atom stereocenters. The van der Waals surface area contributed by atoms with Gasteiger partial charge in [0.15, 0.2) is 22.6 Å². The Balaban J connectivity index is 1.89. The maximum atomic E-state index is 13.2. The van der Waals surface area contributed by atoms with E-state index in [-0.39, 0.29) is 15.4 Å². The van der Waals surface area contributed by atoms with Crippen LogP contribution in [0.4, 0.5) is 5.69 Å². The highest BCUT2D eigenvalue weighted by Gasteiger charge is 2.30. The van der Waals surface area contributed by atoms with Crippen molar-refractivity contribution in [2.75, 3.05) is 40.8 Å². The van der Waals surface area contributed by atoms with Crippen LogP contribution < -0.4 is 14.2 Å². The van der Waals surface area contributed by atoms with Gasteiger partial charge in [0.2, 0.25) is 0 Å². The van der Waals surface area contributed by atoms with E-state index >= 15 is 0 Å². The van der Waals surface area contributed by atoms with Gasteiger partial charge in [-0.25, -0.2) is 17.6 Å². The van der Waals surface area contributed by atoms with Crippen LogP contribution >= 0.6 is 0 Å². The minimum Gasteiger partial charge on any atom is -0.724 e. The van der Waals surface area contributed by atoms with E-state index in [0.29, 0.717) is 53.7 Å². The lowest BCUT2D eigenvalue weighted by Crippen LogP contribution is -2.50. The molecule has 1 aromatic carbocycles. The number of nitrogens with one attached hydrogen (secondary N) is 1. The molecule has 0 bridgehead atoms. The largest absolute Gasteiger partial charge is 0.724 e. The molecule has 0 spiro atoms. The van der Waals surface area contributed by atoms with E-state index in [1.54, 1.807) is 29.8 Å². The highest BCUT2D eigenvalue weighted by molar-refractivity contribution is 7.78. The molecular weight excluding hydrogens is 480 g/mol. The van der Waals surface area contributed by atoms with Gasteiger partial charge in [-0.1, -0.05) is 19.8 Å². The number of imidazole rings is 1. The standard InChI is InChI=1S/C25H36N6O4S/c1-6-15-35-21-12-11-19(31(5,36(33)34)14-13-29(3)4)16-20(21)23-27-25(32)22-17(2)26-24(30(22)28-23)18-9-7-8-10-18/h11-12,16,18H,6-10,13-15H2,1-5H3,(H-,27,28,32,33,34). The first-order valence-electron chi connectivity index (χ1n) is 12.5. The summed E-state index contributed by atoms with van der Waals surface area (Å²) in [7, 11) is 5.48. The number of H-pyrrole nitrogens is 1. The van der Waals surface area contributed by atoms with Crippen molar-refractivity contribution in [3.05, 3.63) is 40.1 Å². The number of aromatic nitrogens is 4. The Hall–Kier alpha value is -2.60. The zero-order valence-electron chi connectivity index (χ0n) is 21.7. The van der Waals surface area contributed by atoms with Crippen molar-refractivity contribution in [3.8, 4) is 17.1 Å². The highest BCUT2D eigenvalue weighted by Crippen LogP contribution is 2.36. The number of fused-ring (bicyclic) bond motifs is 1. The fraction of sp³-hybridized carbons (Fsp3) is 0.560. The van der Waals surface area contributed by atoms with Crippen LogP contribution in [0.3, 0.4) is 0 Å². The van der Waals surface area contributed by atoms with Crippen LogP contribution in [0.1, 0.15) is 56.5 Å². The lowest BCUT2D eigenvalue weighted by molar-refractivity contribution is 0.318. The van der Waals surface area contributed by atoms with Crippen LogP contribution in [0.25, 0.3) is 16.9 Å². The second kappa shape index (κ2) is 10.8.